The molecule has 1 amide bonds. The fraction of sp³-hybridized carbons (Fsp3) is 0.333. The molecule has 4 rings (SSSR count). The lowest BCUT2D eigenvalue weighted by Crippen LogP contribution is -2.50. The maximum absolute atomic E-state index is 13.1. The standard InChI is InChI=1S/C21H22FN3O4S2/c1-14-3-8-17(29-2)19-20(14)30-21(23-19)25-11-9-24(10-12-25)18(26)13-31(27,28)16-6-4-15(22)5-7-16/h3-8H,9-13H2,1-2H3. The number of hydrogen-bond donors (Lipinski definition) is 0. The molecule has 1 fully saturated rings. The van der Waals surface area contributed by atoms with Gasteiger partial charge in [0, 0.05) is 26.2 Å². The number of nitrogens with zero attached hydrogens (tertiary/aromatic N) is 3. The molecule has 0 saturated carbocycles. The number of aryl methyl sites for hydroxylation is 1. The van der Waals surface area contributed by atoms with E-state index in [-0.39, 0.29) is 4.90 Å². The van der Waals surface area contributed by atoms with Crippen LogP contribution >= 0.6 is 11.3 Å². The molecule has 0 radical (unpaired) electrons. The van der Waals surface area contributed by atoms with Crippen LogP contribution in [0.25, 0.3) is 10.2 Å². The summed E-state index contributed by atoms with van der Waals surface area (Å²) >= 11 is 1.58. The van der Waals surface area contributed by atoms with Crippen molar-refractivity contribution in [3.05, 3.63) is 47.8 Å². The van der Waals surface area contributed by atoms with Crippen molar-refractivity contribution in [2.24, 2.45) is 0 Å². The first-order valence-corrected chi connectivity index (χ1v) is 12.2. The topological polar surface area (TPSA) is 79.8 Å². The van der Waals surface area contributed by atoms with E-state index in [2.05, 4.69) is 4.90 Å². The van der Waals surface area contributed by atoms with E-state index in [4.69, 9.17) is 9.72 Å². The molecule has 0 atom stereocenters. The number of thiazole rings is 1. The van der Waals surface area contributed by atoms with E-state index in [1.807, 2.05) is 19.1 Å². The van der Waals surface area contributed by atoms with Crippen molar-refractivity contribution in [3.63, 3.8) is 0 Å². The Labute approximate surface area is 184 Å². The molecule has 1 aliphatic rings. The minimum atomic E-state index is -3.82. The Morgan fingerprint density at radius 3 is 2.45 bits per heavy atom. The third-order valence-corrected chi connectivity index (χ3v) is 8.17. The molecule has 164 valence electrons. The zero-order valence-electron chi connectivity index (χ0n) is 17.2. The number of carbonyl (C=O) groups excluding carboxylic acids is 1. The molecular weight excluding hydrogens is 441 g/mol. The van der Waals surface area contributed by atoms with Gasteiger partial charge in [0.25, 0.3) is 0 Å². The molecular formula is C21H22FN3O4S2. The highest BCUT2D eigenvalue weighted by Gasteiger charge is 2.28. The molecule has 2 aromatic carbocycles. The summed E-state index contributed by atoms with van der Waals surface area (Å²) in [4.78, 5) is 20.9. The Bertz CT molecular complexity index is 1220. The molecule has 0 bridgehead atoms. The van der Waals surface area contributed by atoms with Crippen LogP contribution in [0.1, 0.15) is 5.56 Å². The van der Waals surface area contributed by atoms with E-state index in [0.29, 0.717) is 26.2 Å². The Hall–Kier alpha value is -2.72. The minimum Gasteiger partial charge on any atom is -0.494 e. The largest absolute Gasteiger partial charge is 0.494 e. The van der Waals surface area contributed by atoms with Crippen molar-refractivity contribution in [3.8, 4) is 5.75 Å². The van der Waals surface area contributed by atoms with Gasteiger partial charge in [-0.1, -0.05) is 17.4 Å². The van der Waals surface area contributed by atoms with Crippen molar-refractivity contribution in [1.29, 1.82) is 0 Å². The summed E-state index contributed by atoms with van der Waals surface area (Å²) < 4.78 is 44.5. The lowest BCUT2D eigenvalue weighted by molar-refractivity contribution is -0.128. The van der Waals surface area contributed by atoms with Gasteiger partial charge in [-0.15, -0.1) is 0 Å². The average Bonchev–Trinajstić information content (AvgIpc) is 3.21. The van der Waals surface area contributed by atoms with Crippen LogP contribution in [-0.2, 0) is 14.6 Å². The van der Waals surface area contributed by atoms with Gasteiger partial charge in [-0.3, -0.25) is 4.79 Å². The summed E-state index contributed by atoms with van der Waals surface area (Å²) in [5.41, 5.74) is 1.95. The zero-order chi connectivity index (χ0) is 22.2. The molecule has 2 heterocycles. The van der Waals surface area contributed by atoms with Crippen LogP contribution in [0.2, 0.25) is 0 Å². The SMILES string of the molecule is COc1ccc(C)c2sc(N3CCN(C(=O)CS(=O)(=O)c4ccc(F)cc4)CC3)nc12. The molecule has 31 heavy (non-hydrogen) atoms. The van der Waals surface area contributed by atoms with E-state index >= 15 is 0 Å². The van der Waals surface area contributed by atoms with Crippen molar-refractivity contribution < 1.29 is 22.3 Å². The van der Waals surface area contributed by atoms with Crippen LogP contribution in [-0.4, -0.2) is 63.3 Å². The second-order valence-corrected chi connectivity index (χ2v) is 10.3. The first-order valence-electron chi connectivity index (χ1n) is 9.73. The number of benzene rings is 2. The molecule has 3 aromatic rings. The van der Waals surface area contributed by atoms with Crippen LogP contribution in [0.4, 0.5) is 9.52 Å². The monoisotopic (exact) mass is 463 g/mol. The first-order chi connectivity index (χ1) is 14.8. The number of anilines is 1. The van der Waals surface area contributed by atoms with Crippen LogP contribution in [0.5, 0.6) is 5.75 Å². The van der Waals surface area contributed by atoms with E-state index < -0.39 is 27.3 Å². The van der Waals surface area contributed by atoms with Crippen molar-refractivity contribution >= 4 is 42.4 Å². The highest BCUT2D eigenvalue weighted by molar-refractivity contribution is 7.92. The van der Waals surface area contributed by atoms with E-state index in [9.17, 15) is 17.6 Å². The molecule has 0 N–H and O–H groups in total. The third kappa shape index (κ3) is 4.35. The Balaban J connectivity index is 1.43. The first kappa shape index (κ1) is 21.5. The van der Waals surface area contributed by atoms with Gasteiger partial charge in [0.05, 0.1) is 16.7 Å². The van der Waals surface area contributed by atoms with Gasteiger partial charge in [-0.05, 0) is 42.8 Å². The predicted octanol–water partition coefficient (Wildman–Crippen LogP) is 2.87. The molecule has 7 nitrogen and oxygen atoms in total. The molecule has 0 unspecified atom stereocenters. The number of methoxy groups -OCH3 is 1. The second kappa shape index (κ2) is 8.43. The number of ether oxygens (including phenoxy) is 1. The van der Waals surface area contributed by atoms with Crippen molar-refractivity contribution in [1.82, 2.24) is 9.88 Å². The number of fused-ring (bicyclic) bond motifs is 1. The van der Waals surface area contributed by atoms with Gasteiger partial charge >= 0.3 is 0 Å². The van der Waals surface area contributed by atoms with Gasteiger partial charge in [0.1, 0.15) is 22.8 Å². The van der Waals surface area contributed by atoms with Gasteiger partial charge in [0.15, 0.2) is 15.0 Å². The van der Waals surface area contributed by atoms with E-state index in [0.717, 1.165) is 38.8 Å². The third-order valence-electron chi connectivity index (χ3n) is 5.30. The van der Waals surface area contributed by atoms with Crippen molar-refractivity contribution in [2.75, 3.05) is 43.9 Å². The predicted molar refractivity (Wildman–Crippen MR) is 118 cm³/mol. The number of halogens is 1. The lowest BCUT2D eigenvalue weighted by Gasteiger charge is -2.34. The smallest absolute Gasteiger partial charge is 0.238 e. The fourth-order valence-electron chi connectivity index (χ4n) is 3.52. The number of sulfone groups is 1. The summed E-state index contributed by atoms with van der Waals surface area (Å²) in [6.45, 7) is 3.96. The Morgan fingerprint density at radius 1 is 1.13 bits per heavy atom. The number of carbonyl (C=O) groups is 1. The van der Waals surface area contributed by atoms with Crippen LogP contribution in [0.3, 0.4) is 0 Å². The molecule has 0 aliphatic carbocycles. The summed E-state index contributed by atoms with van der Waals surface area (Å²) in [6.07, 6.45) is 0. The summed E-state index contributed by atoms with van der Waals surface area (Å²) in [7, 11) is -2.20. The number of piperazine rings is 1. The highest BCUT2D eigenvalue weighted by Crippen LogP contribution is 2.36. The molecule has 0 spiro atoms. The van der Waals surface area contributed by atoms with Gasteiger partial charge in [0.2, 0.25) is 5.91 Å². The van der Waals surface area contributed by atoms with Gasteiger partial charge < -0.3 is 14.5 Å². The summed E-state index contributed by atoms with van der Waals surface area (Å²) in [5.74, 6) is -0.881. The number of rotatable bonds is 5. The molecule has 1 saturated heterocycles. The van der Waals surface area contributed by atoms with Crippen molar-refractivity contribution in [2.45, 2.75) is 11.8 Å². The molecule has 1 aromatic heterocycles. The quantitative estimate of drug-likeness (QED) is 0.542. The molecule has 1 aliphatic heterocycles. The van der Waals surface area contributed by atoms with E-state index in [1.54, 1.807) is 23.3 Å². The summed E-state index contributed by atoms with van der Waals surface area (Å²) in [6, 6.07) is 8.41. The minimum absolute atomic E-state index is 0.0559. The van der Waals surface area contributed by atoms with Gasteiger partial charge in [-0.25, -0.2) is 17.8 Å². The average molecular weight is 464 g/mol. The lowest BCUT2D eigenvalue weighted by atomic mass is 10.2. The molecule has 10 heteroatoms. The Morgan fingerprint density at radius 2 is 1.81 bits per heavy atom. The number of aromatic nitrogens is 1. The zero-order valence-corrected chi connectivity index (χ0v) is 18.8. The second-order valence-electron chi connectivity index (χ2n) is 7.34. The van der Waals surface area contributed by atoms with Crippen LogP contribution in [0, 0.1) is 12.7 Å². The van der Waals surface area contributed by atoms with E-state index in [1.165, 1.54) is 12.1 Å². The van der Waals surface area contributed by atoms with Crippen LogP contribution < -0.4 is 9.64 Å². The maximum Gasteiger partial charge on any atom is 0.238 e. The normalized spacial score (nSPS) is 14.8. The Kier molecular flexibility index (Phi) is 5.85. The fourth-order valence-corrected chi connectivity index (χ4v) is 5.85. The maximum atomic E-state index is 13.1. The highest BCUT2D eigenvalue weighted by atomic mass is 32.2. The number of hydrogen-bond acceptors (Lipinski definition) is 7. The van der Waals surface area contributed by atoms with Gasteiger partial charge in [-0.2, -0.15) is 0 Å². The summed E-state index contributed by atoms with van der Waals surface area (Å²) in [5, 5.41) is 0.855. The number of amides is 1. The van der Waals surface area contributed by atoms with Crippen LogP contribution in [0.15, 0.2) is 41.3 Å².